The fourth-order valence-electron chi connectivity index (χ4n) is 3.02. The molecule has 0 N–H and O–H groups in total. The maximum absolute atomic E-state index is 6.01. The minimum absolute atomic E-state index is 0.443. The Morgan fingerprint density at radius 1 is 1.20 bits per heavy atom. The first-order valence-corrected chi connectivity index (χ1v) is 8.03. The Balaban J connectivity index is 1.66. The van der Waals surface area contributed by atoms with Gasteiger partial charge in [-0.1, -0.05) is 31.4 Å². The van der Waals surface area contributed by atoms with Gasteiger partial charge in [0.15, 0.2) is 0 Å². The summed E-state index contributed by atoms with van der Waals surface area (Å²) in [4.78, 5) is 4.57. The summed E-state index contributed by atoms with van der Waals surface area (Å²) in [6.07, 6.45) is 6.87. The number of fused-ring (bicyclic) bond motifs is 1. The van der Waals surface area contributed by atoms with Crippen LogP contribution in [0.2, 0.25) is 0 Å². The van der Waals surface area contributed by atoms with Gasteiger partial charge < -0.3 is 9.30 Å². The average molecular weight is 293 g/mol. The topological polar surface area (TPSA) is 27.1 Å². The van der Waals surface area contributed by atoms with Crippen molar-refractivity contribution in [1.29, 1.82) is 0 Å². The summed E-state index contributed by atoms with van der Waals surface area (Å²) in [5, 5.41) is 0. The number of nitrogens with zero attached hydrogens (tertiary/aromatic N) is 2. The van der Waals surface area contributed by atoms with Gasteiger partial charge in [-0.05, 0) is 25.0 Å². The summed E-state index contributed by atoms with van der Waals surface area (Å²) in [7, 11) is 0. The smallest absolute Gasteiger partial charge is 0.124 e. The lowest BCUT2D eigenvalue weighted by atomic mass is 9.98. The molecule has 1 heterocycles. The zero-order valence-corrected chi connectivity index (χ0v) is 12.5. The maximum atomic E-state index is 6.01. The molecule has 3 rings (SSSR count). The fourth-order valence-corrected chi connectivity index (χ4v) is 3.22. The SMILES string of the molecule is ClCc1nc2ccccc2n1CCOC1CCCCC1. The van der Waals surface area contributed by atoms with Crippen molar-refractivity contribution in [2.45, 2.75) is 50.6 Å². The van der Waals surface area contributed by atoms with Gasteiger partial charge in [0.05, 0.1) is 29.6 Å². The largest absolute Gasteiger partial charge is 0.376 e. The minimum atomic E-state index is 0.443. The fraction of sp³-hybridized carbons (Fsp3) is 0.562. The van der Waals surface area contributed by atoms with Crippen LogP contribution in [0, 0.1) is 0 Å². The normalized spacial score (nSPS) is 16.9. The molecule has 0 radical (unpaired) electrons. The number of para-hydroxylation sites is 2. The minimum Gasteiger partial charge on any atom is -0.376 e. The van der Waals surface area contributed by atoms with Crippen molar-refractivity contribution in [3.05, 3.63) is 30.1 Å². The molecule has 2 aromatic rings. The molecule has 0 unspecified atom stereocenters. The van der Waals surface area contributed by atoms with E-state index in [0.29, 0.717) is 12.0 Å². The van der Waals surface area contributed by atoms with Crippen molar-refractivity contribution in [2.75, 3.05) is 6.61 Å². The zero-order valence-electron chi connectivity index (χ0n) is 11.7. The number of aromatic nitrogens is 2. The molecule has 1 saturated carbocycles. The molecular weight excluding hydrogens is 272 g/mol. The highest BCUT2D eigenvalue weighted by Crippen LogP contribution is 2.21. The van der Waals surface area contributed by atoms with Gasteiger partial charge in [0.2, 0.25) is 0 Å². The van der Waals surface area contributed by atoms with Gasteiger partial charge >= 0.3 is 0 Å². The molecule has 0 spiro atoms. The van der Waals surface area contributed by atoms with E-state index in [1.54, 1.807) is 0 Å². The molecule has 0 bridgehead atoms. The second kappa shape index (κ2) is 6.59. The highest BCUT2D eigenvalue weighted by atomic mass is 35.5. The quantitative estimate of drug-likeness (QED) is 0.775. The van der Waals surface area contributed by atoms with Gasteiger partial charge in [-0.2, -0.15) is 0 Å². The van der Waals surface area contributed by atoms with E-state index in [2.05, 4.69) is 15.6 Å². The average Bonchev–Trinajstić information content (AvgIpc) is 2.87. The van der Waals surface area contributed by atoms with Gasteiger partial charge in [-0.25, -0.2) is 4.98 Å². The Morgan fingerprint density at radius 3 is 2.80 bits per heavy atom. The molecule has 4 heteroatoms. The van der Waals surface area contributed by atoms with Crippen LogP contribution in [0.1, 0.15) is 37.9 Å². The van der Waals surface area contributed by atoms with Crippen LogP contribution in [0.25, 0.3) is 11.0 Å². The highest BCUT2D eigenvalue weighted by molar-refractivity contribution is 6.16. The molecule has 1 aliphatic carbocycles. The van der Waals surface area contributed by atoms with Crippen LogP contribution < -0.4 is 0 Å². The van der Waals surface area contributed by atoms with Crippen molar-refractivity contribution in [3.8, 4) is 0 Å². The molecule has 108 valence electrons. The number of rotatable bonds is 5. The molecule has 0 amide bonds. The predicted octanol–water partition coefficient (Wildman–Crippen LogP) is 4.12. The third-order valence-corrected chi connectivity index (χ3v) is 4.31. The van der Waals surface area contributed by atoms with E-state index in [-0.39, 0.29) is 0 Å². The lowest BCUT2D eigenvalue weighted by Gasteiger charge is -2.22. The summed E-state index contributed by atoms with van der Waals surface area (Å²) >= 11 is 6.01. The van der Waals surface area contributed by atoms with Crippen LogP contribution in [0.5, 0.6) is 0 Å². The summed E-state index contributed by atoms with van der Waals surface area (Å²) in [5.41, 5.74) is 2.16. The third kappa shape index (κ3) is 2.99. The van der Waals surface area contributed by atoms with Crippen LogP contribution in [0.4, 0.5) is 0 Å². The van der Waals surface area contributed by atoms with Gasteiger partial charge in [0.1, 0.15) is 5.82 Å². The standard InChI is InChI=1S/C16H21ClN2O/c17-12-16-18-14-8-4-5-9-15(14)19(16)10-11-20-13-6-2-1-3-7-13/h4-5,8-9,13H,1-3,6-7,10-12H2. The van der Waals surface area contributed by atoms with Crippen molar-refractivity contribution in [1.82, 2.24) is 9.55 Å². The number of hydrogen-bond donors (Lipinski definition) is 0. The molecule has 1 fully saturated rings. The number of halogens is 1. The number of benzene rings is 1. The zero-order chi connectivity index (χ0) is 13.8. The third-order valence-electron chi connectivity index (χ3n) is 4.07. The summed E-state index contributed by atoms with van der Waals surface area (Å²) in [6.45, 7) is 1.58. The van der Waals surface area contributed by atoms with Gasteiger partial charge in [-0.3, -0.25) is 0 Å². The Bertz CT molecular complexity index is 561. The van der Waals surface area contributed by atoms with E-state index < -0.39 is 0 Å². The van der Waals surface area contributed by atoms with E-state index in [4.69, 9.17) is 16.3 Å². The summed E-state index contributed by atoms with van der Waals surface area (Å²) in [5.74, 6) is 1.37. The van der Waals surface area contributed by atoms with Crippen molar-refractivity contribution in [3.63, 3.8) is 0 Å². The van der Waals surface area contributed by atoms with Crippen LogP contribution in [-0.2, 0) is 17.2 Å². The molecule has 3 nitrogen and oxygen atoms in total. The monoisotopic (exact) mass is 292 g/mol. The van der Waals surface area contributed by atoms with E-state index in [9.17, 15) is 0 Å². The highest BCUT2D eigenvalue weighted by Gasteiger charge is 2.14. The van der Waals surface area contributed by atoms with E-state index in [0.717, 1.165) is 30.0 Å². The number of ether oxygens (including phenoxy) is 1. The second-order valence-corrected chi connectivity index (χ2v) is 5.70. The Kier molecular flexibility index (Phi) is 4.58. The van der Waals surface area contributed by atoms with E-state index in [1.165, 1.54) is 32.1 Å². The van der Waals surface area contributed by atoms with Gasteiger partial charge in [0, 0.05) is 6.54 Å². The van der Waals surface area contributed by atoms with E-state index >= 15 is 0 Å². The molecule has 1 aromatic carbocycles. The lowest BCUT2D eigenvalue weighted by Crippen LogP contribution is -2.19. The second-order valence-electron chi connectivity index (χ2n) is 5.43. The molecular formula is C16H21ClN2O. The van der Waals surface area contributed by atoms with Gasteiger partial charge in [-0.15, -0.1) is 11.6 Å². The molecule has 0 aliphatic heterocycles. The molecule has 0 saturated heterocycles. The van der Waals surface area contributed by atoms with Crippen LogP contribution in [0.15, 0.2) is 24.3 Å². The number of hydrogen-bond acceptors (Lipinski definition) is 2. The summed E-state index contributed by atoms with van der Waals surface area (Å²) < 4.78 is 8.20. The maximum Gasteiger partial charge on any atom is 0.124 e. The van der Waals surface area contributed by atoms with Crippen LogP contribution in [-0.4, -0.2) is 22.3 Å². The van der Waals surface area contributed by atoms with E-state index in [1.807, 2.05) is 18.2 Å². The van der Waals surface area contributed by atoms with Crippen LogP contribution >= 0.6 is 11.6 Å². The summed E-state index contributed by atoms with van der Waals surface area (Å²) in [6, 6.07) is 8.18. The Hall–Kier alpha value is -1.06. The Labute approximate surface area is 124 Å². The van der Waals surface area contributed by atoms with Crippen LogP contribution in [0.3, 0.4) is 0 Å². The van der Waals surface area contributed by atoms with Crippen molar-refractivity contribution in [2.24, 2.45) is 0 Å². The molecule has 20 heavy (non-hydrogen) atoms. The number of imidazole rings is 1. The first-order chi connectivity index (χ1) is 9.88. The van der Waals surface area contributed by atoms with Crippen molar-refractivity contribution >= 4 is 22.6 Å². The Morgan fingerprint density at radius 2 is 2.00 bits per heavy atom. The molecule has 1 aromatic heterocycles. The first kappa shape index (κ1) is 13.9. The predicted molar refractivity (Wildman–Crippen MR) is 82.1 cm³/mol. The first-order valence-electron chi connectivity index (χ1n) is 7.50. The lowest BCUT2D eigenvalue weighted by molar-refractivity contribution is 0.0242. The number of alkyl halides is 1. The van der Waals surface area contributed by atoms with Gasteiger partial charge in [0.25, 0.3) is 0 Å². The molecule has 0 atom stereocenters. The molecule has 1 aliphatic rings. The van der Waals surface area contributed by atoms with Crippen molar-refractivity contribution < 1.29 is 4.74 Å².